The highest BCUT2D eigenvalue weighted by Gasteiger charge is 2.17. The van der Waals surface area contributed by atoms with Gasteiger partial charge in [-0.15, -0.1) is 0 Å². The van der Waals surface area contributed by atoms with Gasteiger partial charge in [0.1, 0.15) is 0 Å². The number of benzene rings is 1. The van der Waals surface area contributed by atoms with E-state index < -0.39 is 10.5 Å². The highest BCUT2D eigenvalue weighted by molar-refractivity contribution is 6.39. The Morgan fingerprint density at radius 3 is 2.24 bits per heavy atom. The first kappa shape index (κ1) is 14.0. The zero-order valence-electron chi connectivity index (χ0n) is 9.33. The Bertz CT molecular complexity index is 421. The molecule has 0 radical (unpaired) electrons. The third-order valence-electron chi connectivity index (χ3n) is 1.94. The molecule has 0 bridgehead atoms. The van der Waals surface area contributed by atoms with E-state index in [1.165, 1.54) is 12.1 Å². The first-order chi connectivity index (χ1) is 7.70. The van der Waals surface area contributed by atoms with Crippen molar-refractivity contribution >= 4 is 34.6 Å². The third kappa shape index (κ3) is 4.03. The van der Waals surface area contributed by atoms with E-state index in [0.29, 0.717) is 5.69 Å². The van der Waals surface area contributed by atoms with E-state index in [4.69, 9.17) is 23.2 Å². The van der Waals surface area contributed by atoms with Crippen LogP contribution in [0.4, 0.5) is 11.4 Å². The first-order valence-electron chi connectivity index (χ1n) is 4.80. The van der Waals surface area contributed by atoms with Gasteiger partial charge in [-0.05, 0) is 13.8 Å². The third-order valence-corrected chi connectivity index (χ3v) is 2.53. The van der Waals surface area contributed by atoms with E-state index in [2.05, 4.69) is 5.32 Å². The lowest BCUT2D eigenvalue weighted by Gasteiger charge is -2.19. The van der Waals surface area contributed by atoms with Crippen LogP contribution in [0.1, 0.15) is 13.8 Å². The Kier molecular flexibility index (Phi) is 4.19. The van der Waals surface area contributed by atoms with E-state index in [-0.39, 0.29) is 22.3 Å². The summed E-state index contributed by atoms with van der Waals surface area (Å²) in [6, 6.07) is 2.42. The van der Waals surface area contributed by atoms with Gasteiger partial charge in [0.2, 0.25) is 0 Å². The second-order valence-electron chi connectivity index (χ2n) is 4.21. The fourth-order valence-corrected chi connectivity index (χ4v) is 1.75. The molecule has 0 aliphatic rings. The van der Waals surface area contributed by atoms with Crippen LogP contribution in [-0.2, 0) is 0 Å². The van der Waals surface area contributed by atoms with Crippen LogP contribution < -0.4 is 5.32 Å². The minimum Gasteiger partial charge on any atom is -0.389 e. The van der Waals surface area contributed by atoms with Crippen LogP contribution in [0.2, 0.25) is 10.0 Å². The van der Waals surface area contributed by atoms with Crippen molar-refractivity contribution in [2.45, 2.75) is 19.4 Å². The van der Waals surface area contributed by atoms with Gasteiger partial charge in [-0.2, -0.15) is 0 Å². The molecule has 1 aromatic rings. The maximum atomic E-state index is 10.6. The number of anilines is 1. The van der Waals surface area contributed by atoms with Crippen molar-refractivity contribution in [2.75, 3.05) is 11.9 Å². The molecule has 17 heavy (non-hydrogen) atoms. The lowest BCUT2D eigenvalue weighted by Crippen LogP contribution is -2.29. The van der Waals surface area contributed by atoms with Gasteiger partial charge in [0.05, 0.1) is 26.3 Å². The standard InChI is InChI=1S/C10H12Cl2N2O3/c1-10(2,15)5-13-9-7(11)3-6(14(16)17)4-8(9)12/h3-4,13,15H,5H2,1-2H3. The van der Waals surface area contributed by atoms with E-state index in [1.54, 1.807) is 13.8 Å². The van der Waals surface area contributed by atoms with Crippen LogP contribution in [-0.4, -0.2) is 22.2 Å². The zero-order valence-corrected chi connectivity index (χ0v) is 10.8. The maximum absolute atomic E-state index is 10.6. The van der Waals surface area contributed by atoms with Crippen LogP contribution in [0.5, 0.6) is 0 Å². The Morgan fingerprint density at radius 1 is 1.41 bits per heavy atom. The molecule has 0 saturated heterocycles. The summed E-state index contributed by atoms with van der Waals surface area (Å²) in [5, 5.41) is 23.3. The molecule has 0 unspecified atom stereocenters. The minimum absolute atomic E-state index is 0.147. The van der Waals surface area contributed by atoms with Crippen molar-refractivity contribution in [2.24, 2.45) is 0 Å². The first-order valence-corrected chi connectivity index (χ1v) is 5.56. The molecule has 0 aliphatic carbocycles. The summed E-state index contributed by atoms with van der Waals surface area (Å²) < 4.78 is 0. The normalized spacial score (nSPS) is 11.4. The van der Waals surface area contributed by atoms with E-state index in [0.717, 1.165) is 0 Å². The average Bonchev–Trinajstić information content (AvgIpc) is 2.14. The van der Waals surface area contributed by atoms with E-state index in [1.807, 2.05) is 0 Å². The molecule has 0 amide bonds. The number of rotatable bonds is 4. The molecule has 0 aliphatic heterocycles. The molecule has 0 heterocycles. The van der Waals surface area contributed by atoms with Crippen molar-refractivity contribution in [1.82, 2.24) is 0 Å². The number of nitrogens with one attached hydrogen (secondary N) is 1. The summed E-state index contributed by atoms with van der Waals surface area (Å²) in [6.07, 6.45) is 0. The topological polar surface area (TPSA) is 75.4 Å². The highest BCUT2D eigenvalue weighted by Crippen LogP contribution is 2.34. The van der Waals surface area contributed by atoms with Gasteiger partial charge in [0.15, 0.2) is 0 Å². The molecular formula is C10H12Cl2N2O3. The number of aliphatic hydroxyl groups is 1. The summed E-state index contributed by atoms with van der Waals surface area (Å²) in [5.41, 5.74) is -0.732. The van der Waals surface area contributed by atoms with Gasteiger partial charge in [-0.25, -0.2) is 0 Å². The lowest BCUT2D eigenvalue weighted by molar-refractivity contribution is -0.384. The van der Waals surface area contributed by atoms with Gasteiger partial charge in [0, 0.05) is 18.7 Å². The summed E-state index contributed by atoms with van der Waals surface area (Å²) >= 11 is 11.7. The zero-order chi connectivity index (χ0) is 13.2. The smallest absolute Gasteiger partial charge is 0.272 e. The number of hydrogen-bond acceptors (Lipinski definition) is 4. The van der Waals surface area contributed by atoms with E-state index >= 15 is 0 Å². The minimum atomic E-state index is -0.936. The molecule has 0 spiro atoms. The predicted molar refractivity (Wildman–Crippen MR) is 67.9 cm³/mol. The molecule has 1 aromatic carbocycles. The molecule has 0 saturated carbocycles. The second-order valence-corrected chi connectivity index (χ2v) is 5.02. The molecule has 0 atom stereocenters. The van der Waals surface area contributed by atoms with Gasteiger partial charge >= 0.3 is 0 Å². The highest BCUT2D eigenvalue weighted by atomic mass is 35.5. The Hall–Kier alpha value is -1.04. The fourth-order valence-electron chi connectivity index (χ4n) is 1.14. The largest absolute Gasteiger partial charge is 0.389 e. The molecule has 1 rings (SSSR count). The van der Waals surface area contributed by atoms with Crippen LogP contribution in [0.25, 0.3) is 0 Å². The summed E-state index contributed by atoms with van der Waals surface area (Å²) in [4.78, 5) is 9.99. The van der Waals surface area contributed by atoms with Crippen molar-refractivity contribution < 1.29 is 10.0 Å². The van der Waals surface area contributed by atoms with Crippen LogP contribution in [0.3, 0.4) is 0 Å². The predicted octanol–water partition coefficient (Wildman–Crippen LogP) is 3.08. The van der Waals surface area contributed by atoms with Gasteiger partial charge < -0.3 is 10.4 Å². The van der Waals surface area contributed by atoms with E-state index in [9.17, 15) is 15.2 Å². The molecule has 5 nitrogen and oxygen atoms in total. The van der Waals surface area contributed by atoms with Crippen LogP contribution in [0.15, 0.2) is 12.1 Å². The Balaban J connectivity index is 2.98. The lowest BCUT2D eigenvalue weighted by atomic mass is 10.1. The molecular weight excluding hydrogens is 267 g/mol. The number of nitro benzene ring substituents is 1. The van der Waals surface area contributed by atoms with Gasteiger partial charge in [-0.1, -0.05) is 23.2 Å². The van der Waals surface area contributed by atoms with Crippen molar-refractivity contribution in [1.29, 1.82) is 0 Å². The summed E-state index contributed by atoms with van der Waals surface area (Å²) in [5.74, 6) is 0. The number of halogens is 2. The Labute approximate surface area is 108 Å². The number of non-ortho nitro benzene ring substituents is 1. The monoisotopic (exact) mass is 278 g/mol. The number of nitrogens with zero attached hydrogens (tertiary/aromatic N) is 1. The molecule has 94 valence electrons. The molecule has 0 fully saturated rings. The maximum Gasteiger partial charge on any atom is 0.272 e. The summed E-state index contributed by atoms with van der Waals surface area (Å²) in [6.45, 7) is 3.46. The van der Waals surface area contributed by atoms with Gasteiger partial charge in [0.25, 0.3) is 5.69 Å². The number of hydrogen-bond donors (Lipinski definition) is 2. The van der Waals surface area contributed by atoms with Crippen molar-refractivity contribution in [3.8, 4) is 0 Å². The van der Waals surface area contributed by atoms with Crippen molar-refractivity contribution in [3.63, 3.8) is 0 Å². The molecule has 7 heteroatoms. The SMILES string of the molecule is CC(C)(O)CNc1c(Cl)cc([N+](=O)[O-])cc1Cl. The average molecular weight is 279 g/mol. The Morgan fingerprint density at radius 2 is 1.88 bits per heavy atom. The molecule has 2 N–H and O–H groups in total. The quantitative estimate of drug-likeness (QED) is 0.656. The van der Waals surface area contributed by atoms with Crippen molar-refractivity contribution in [3.05, 3.63) is 32.3 Å². The number of nitro groups is 1. The second kappa shape index (κ2) is 5.08. The van der Waals surface area contributed by atoms with Crippen LogP contribution >= 0.6 is 23.2 Å². The molecule has 0 aromatic heterocycles. The summed E-state index contributed by atoms with van der Waals surface area (Å²) in [7, 11) is 0. The van der Waals surface area contributed by atoms with Gasteiger partial charge in [-0.3, -0.25) is 10.1 Å². The fraction of sp³-hybridized carbons (Fsp3) is 0.400. The van der Waals surface area contributed by atoms with Crippen LogP contribution in [0, 0.1) is 10.1 Å².